The van der Waals surface area contributed by atoms with E-state index in [1.165, 1.54) is 13.2 Å². The minimum atomic E-state index is -1.15. The van der Waals surface area contributed by atoms with Gasteiger partial charge in [0.05, 0.1) is 12.5 Å². The van der Waals surface area contributed by atoms with Gasteiger partial charge < -0.3 is 14.2 Å². The molecular weight excluding hydrogens is 524 g/mol. The molecule has 0 aliphatic heterocycles. The van der Waals surface area contributed by atoms with E-state index in [0.717, 1.165) is 79.9 Å². The summed E-state index contributed by atoms with van der Waals surface area (Å²) in [7, 11) is 1.45. The van der Waals surface area contributed by atoms with Gasteiger partial charge in [0, 0.05) is 23.6 Å². The minimum absolute atomic E-state index is 0.00277. The van der Waals surface area contributed by atoms with Gasteiger partial charge in [0.2, 0.25) is 11.8 Å². The Hall–Kier alpha value is -3.29. The molecule has 1 aromatic heterocycles. The van der Waals surface area contributed by atoms with E-state index in [-0.39, 0.29) is 22.5 Å². The first-order chi connectivity index (χ1) is 19.7. The summed E-state index contributed by atoms with van der Waals surface area (Å²) in [6, 6.07) is 12.7. The van der Waals surface area contributed by atoms with E-state index in [2.05, 4.69) is 5.16 Å². The number of rotatable bonds is 8. The summed E-state index contributed by atoms with van der Waals surface area (Å²) in [4.78, 5) is 21.0. The van der Waals surface area contributed by atoms with Crippen molar-refractivity contribution in [2.45, 2.75) is 87.6 Å². The van der Waals surface area contributed by atoms with Crippen LogP contribution in [0.5, 0.6) is 5.75 Å². The van der Waals surface area contributed by atoms with Gasteiger partial charge in [-0.3, -0.25) is 4.79 Å². The number of methoxy groups -OCH3 is 1. The van der Waals surface area contributed by atoms with E-state index < -0.39 is 16.9 Å². The molecule has 7 aliphatic rings. The highest BCUT2D eigenvalue weighted by Gasteiger charge is 2.73. The molecule has 7 saturated carbocycles. The molecule has 0 N–H and O–H groups in total. The number of alkyl halides is 1. The summed E-state index contributed by atoms with van der Waals surface area (Å²) < 4.78 is 39.7. The molecule has 41 heavy (non-hydrogen) atoms. The minimum Gasteiger partial charge on any atom is -0.494 e. The Labute approximate surface area is 238 Å². The summed E-state index contributed by atoms with van der Waals surface area (Å²) in [5.74, 6) is 1.97. The third kappa shape index (κ3) is 3.96. The van der Waals surface area contributed by atoms with Gasteiger partial charge >= 0.3 is 0 Å². The maximum Gasteiger partial charge on any atom is 0.233 e. The number of hydrogen-bond donors (Lipinski definition) is 0. The fourth-order valence-electron chi connectivity index (χ4n) is 8.26. The van der Waals surface area contributed by atoms with Gasteiger partial charge in [-0.25, -0.2) is 8.78 Å². The zero-order chi connectivity index (χ0) is 28.0. The third-order valence-corrected chi connectivity index (χ3v) is 11.0. The fraction of sp³-hybridized carbons (Fsp3) is 0.545. The van der Waals surface area contributed by atoms with Crippen molar-refractivity contribution in [3.63, 3.8) is 0 Å². The van der Waals surface area contributed by atoms with Gasteiger partial charge in [-0.15, -0.1) is 0 Å². The number of nitrogens with zero attached hydrogens (tertiary/aromatic N) is 3. The smallest absolute Gasteiger partial charge is 0.233 e. The molecule has 0 saturated heterocycles. The van der Waals surface area contributed by atoms with Gasteiger partial charge in [-0.1, -0.05) is 23.4 Å². The number of fused-ring (bicyclic) bond motifs is 3. The Morgan fingerprint density at radius 2 is 1.73 bits per heavy atom. The van der Waals surface area contributed by atoms with E-state index in [0.29, 0.717) is 31.7 Å². The highest BCUT2D eigenvalue weighted by atomic mass is 19.1. The van der Waals surface area contributed by atoms with Gasteiger partial charge in [0.15, 0.2) is 17.4 Å². The van der Waals surface area contributed by atoms with E-state index >= 15 is 0 Å². The van der Waals surface area contributed by atoms with Gasteiger partial charge in [-0.05, 0) is 111 Å². The van der Waals surface area contributed by atoms with Crippen LogP contribution in [0.25, 0.3) is 11.1 Å². The van der Waals surface area contributed by atoms with Crippen molar-refractivity contribution in [1.29, 1.82) is 0 Å². The molecule has 6 nitrogen and oxygen atoms in total. The molecule has 3 aromatic rings. The number of halogens is 2. The molecule has 7 aliphatic carbocycles. The molecule has 214 valence electrons. The van der Waals surface area contributed by atoms with Crippen molar-refractivity contribution in [2.75, 3.05) is 18.6 Å². The lowest BCUT2D eigenvalue weighted by Gasteiger charge is -2.65. The first kappa shape index (κ1) is 25.4. The SMILES string of the molecule is COc1cc(-c2cccc(N(CC34CCC(c5nc(C6CC6)no5)(CC3)CC4)C(=O)C34CC(F)(C3)C4)c2)ccc1F. The highest BCUT2D eigenvalue weighted by Crippen LogP contribution is 2.70. The summed E-state index contributed by atoms with van der Waals surface area (Å²) in [5.41, 5.74) is 0.742. The number of benzene rings is 2. The van der Waals surface area contributed by atoms with Crippen LogP contribution >= 0.6 is 0 Å². The van der Waals surface area contributed by atoms with Gasteiger partial charge in [0.25, 0.3) is 0 Å². The topological polar surface area (TPSA) is 68.5 Å². The molecule has 1 amide bonds. The van der Waals surface area contributed by atoms with Gasteiger partial charge in [-0.2, -0.15) is 4.98 Å². The van der Waals surface area contributed by atoms with Crippen LogP contribution in [0.4, 0.5) is 14.5 Å². The maximum atomic E-state index is 14.6. The summed E-state index contributed by atoms with van der Waals surface area (Å²) in [5, 5.41) is 4.30. The summed E-state index contributed by atoms with van der Waals surface area (Å²) in [6.07, 6.45) is 9.23. The standard InChI is InChI=1S/C33H35F2N3O3/c1-40-26-16-23(7-8-25(26)34)22-3-2-4-24(15-22)38(29(39)32-17-33(35,18-32)19-32)20-30-9-12-31(13-10-30,14-11-30)28-36-27(37-41-28)21-5-6-21/h2-4,7-8,15-16,21H,5-6,9-14,17-20H2,1H3. The third-order valence-electron chi connectivity index (χ3n) is 11.0. The molecule has 0 radical (unpaired) electrons. The van der Waals surface area contributed by atoms with E-state index in [1.54, 1.807) is 12.1 Å². The Balaban J connectivity index is 1.08. The number of amides is 1. The molecule has 2 aromatic carbocycles. The van der Waals surface area contributed by atoms with Crippen LogP contribution in [-0.2, 0) is 10.2 Å². The zero-order valence-corrected chi connectivity index (χ0v) is 23.4. The van der Waals surface area contributed by atoms with Crippen molar-refractivity contribution in [1.82, 2.24) is 10.1 Å². The fourth-order valence-corrected chi connectivity index (χ4v) is 8.26. The van der Waals surface area contributed by atoms with Crippen molar-refractivity contribution < 1.29 is 22.8 Å². The van der Waals surface area contributed by atoms with Crippen molar-refractivity contribution in [2.24, 2.45) is 10.8 Å². The van der Waals surface area contributed by atoms with Crippen LogP contribution in [0.3, 0.4) is 0 Å². The second-order valence-corrected chi connectivity index (χ2v) is 13.8. The Morgan fingerprint density at radius 1 is 1.02 bits per heavy atom. The van der Waals surface area contributed by atoms with Crippen molar-refractivity contribution >= 4 is 11.6 Å². The van der Waals surface area contributed by atoms with E-state index in [9.17, 15) is 13.6 Å². The second kappa shape index (κ2) is 8.62. The number of anilines is 1. The van der Waals surface area contributed by atoms with Crippen LogP contribution in [-0.4, -0.2) is 35.4 Å². The molecule has 1 heterocycles. The number of carbonyl (C=O) groups excluding carboxylic acids is 1. The number of hydrogen-bond acceptors (Lipinski definition) is 5. The zero-order valence-electron chi connectivity index (χ0n) is 23.4. The summed E-state index contributed by atoms with van der Waals surface area (Å²) in [6.45, 7) is 0.621. The summed E-state index contributed by atoms with van der Waals surface area (Å²) >= 11 is 0. The molecule has 7 fully saturated rings. The van der Waals surface area contributed by atoms with E-state index in [4.69, 9.17) is 14.2 Å². The van der Waals surface area contributed by atoms with Gasteiger partial charge in [0.1, 0.15) is 5.67 Å². The first-order valence-corrected chi connectivity index (χ1v) is 15.0. The molecular formula is C33H35F2N3O3. The van der Waals surface area contributed by atoms with Crippen molar-refractivity contribution in [3.8, 4) is 16.9 Å². The Kier molecular flexibility index (Phi) is 5.34. The van der Waals surface area contributed by atoms with Crippen LogP contribution in [0, 0.1) is 16.6 Å². The normalized spacial score (nSPS) is 33.1. The van der Waals surface area contributed by atoms with E-state index in [1.807, 2.05) is 29.2 Å². The highest BCUT2D eigenvalue weighted by molar-refractivity contribution is 6.00. The number of ether oxygens (including phenoxy) is 1. The Morgan fingerprint density at radius 3 is 2.39 bits per heavy atom. The average molecular weight is 560 g/mol. The monoisotopic (exact) mass is 559 g/mol. The molecule has 0 unspecified atom stereocenters. The largest absolute Gasteiger partial charge is 0.494 e. The molecule has 8 heteroatoms. The lowest BCUT2D eigenvalue weighted by atomic mass is 9.41. The number of carbonyl (C=O) groups is 1. The molecule has 4 bridgehead atoms. The molecule has 0 atom stereocenters. The first-order valence-electron chi connectivity index (χ1n) is 15.0. The lowest BCUT2D eigenvalue weighted by molar-refractivity contribution is -0.211. The Bertz CT molecular complexity index is 1500. The molecule has 10 rings (SSSR count). The molecule has 0 spiro atoms. The quantitative estimate of drug-likeness (QED) is 0.290. The van der Waals surface area contributed by atoms with Crippen LogP contribution in [0.2, 0.25) is 0 Å². The maximum absolute atomic E-state index is 14.6. The predicted molar refractivity (Wildman–Crippen MR) is 149 cm³/mol. The second-order valence-electron chi connectivity index (χ2n) is 13.8. The average Bonchev–Trinajstić information content (AvgIpc) is 3.70. The van der Waals surface area contributed by atoms with Crippen LogP contribution in [0.1, 0.15) is 88.3 Å². The number of aromatic nitrogens is 2. The van der Waals surface area contributed by atoms with Crippen molar-refractivity contribution in [3.05, 3.63) is 60.0 Å². The predicted octanol–water partition coefficient (Wildman–Crippen LogP) is 7.28. The van der Waals surface area contributed by atoms with Crippen LogP contribution < -0.4 is 9.64 Å². The van der Waals surface area contributed by atoms with Crippen LogP contribution in [0.15, 0.2) is 47.0 Å². The lowest BCUT2D eigenvalue weighted by Crippen LogP contribution is -2.71.